The number of carbonyl (C=O) groups excluding carboxylic acids is 1. The van der Waals surface area contributed by atoms with Crippen molar-refractivity contribution in [3.8, 4) is 28.3 Å². The van der Waals surface area contributed by atoms with Gasteiger partial charge in [-0.25, -0.2) is 9.75 Å². The van der Waals surface area contributed by atoms with Crippen molar-refractivity contribution < 1.29 is 27.3 Å². The summed E-state index contributed by atoms with van der Waals surface area (Å²) in [4.78, 5) is 18.8. The van der Waals surface area contributed by atoms with Crippen molar-refractivity contribution in [3.05, 3.63) is 76.0 Å². The average Bonchev–Trinajstić information content (AvgIpc) is 3.57. The second kappa shape index (κ2) is 9.03. The second-order valence-electron chi connectivity index (χ2n) is 7.61. The Hall–Kier alpha value is -3.34. The number of aromatic nitrogens is 3. The minimum Gasteiger partial charge on any atom is -0.355 e. The van der Waals surface area contributed by atoms with Crippen LogP contribution in [0.15, 0.2) is 59.3 Å². The van der Waals surface area contributed by atoms with Crippen molar-refractivity contribution in [3.63, 3.8) is 0 Å². The Kier molecular flexibility index (Phi) is 6.04. The second-order valence-corrected chi connectivity index (χ2v) is 8.45. The Bertz CT molecular complexity index is 1410. The first-order chi connectivity index (χ1) is 16.8. The smallest absolute Gasteiger partial charge is 0.355 e. The van der Waals surface area contributed by atoms with E-state index in [-0.39, 0.29) is 33.5 Å². The number of benzene rings is 2. The highest BCUT2D eigenvalue weighted by atomic mass is 35.5. The standard InChI is InChI=1S/C23H15Cl2F3N4O3/c24-13-5-3-6-14(11-13)32-21(23(26,27)28)16(12-29-32)20-18(22(33)31-9-4-10-34-31)19(30-35-20)15-7-1-2-8-17(15)25/h1-3,5-8,11-12H,4,9-10H2. The minimum absolute atomic E-state index is 0.00488. The summed E-state index contributed by atoms with van der Waals surface area (Å²) in [6.45, 7) is 0.563. The molecule has 1 amide bonds. The van der Waals surface area contributed by atoms with E-state index in [1.54, 1.807) is 24.3 Å². The van der Waals surface area contributed by atoms with Gasteiger partial charge in [0.15, 0.2) is 11.5 Å². The van der Waals surface area contributed by atoms with Crippen LogP contribution in [0.4, 0.5) is 13.2 Å². The van der Waals surface area contributed by atoms with Gasteiger partial charge in [0.05, 0.1) is 35.6 Å². The van der Waals surface area contributed by atoms with E-state index in [0.29, 0.717) is 23.3 Å². The van der Waals surface area contributed by atoms with Crippen LogP contribution >= 0.6 is 23.2 Å². The maximum absolute atomic E-state index is 14.3. The first kappa shape index (κ1) is 23.4. The van der Waals surface area contributed by atoms with Gasteiger partial charge in [-0.05, 0) is 30.7 Å². The Morgan fingerprint density at radius 1 is 1.06 bits per heavy atom. The number of hydrogen-bond acceptors (Lipinski definition) is 5. The number of amides is 1. The van der Waals surface area contributed by atoms with Crippen molar-refractivity contribution in [2.24, 2.45) is 0 Å². The highest BCUT2D eigenvalue weighted by molar-refractivity contribution is 6.33. The van der Waals surface area contributed by atoms with E-state index < -0.39 is 29.1 Å². The molecule has 0 atom stereocenters. The lowest BCUT2D eigenvalue weighted by Crippen LogP contribution is -2.27. The van der Waals surface area contributed by atoms with Gasteiger partial charge >= 0.3 is 6.18 Å². The summed E-state index contributed by atoms with van der Waals surface area (Å²) < 4.78 is 49.1. The van der Waals surface area contributed by atoms with Gasteiger partial charge in [0.25, 0.3) is 5.91 Å². The van der Waals surface area contributed by atoms with Gasteiger partial charge in [-0.3, -0.25) is 9.63 Å². The van der Waals surface area contributed by atoms with Gasteiger partial charge in [-0.15, -0.1) is 0 Å². The van der Waals surface area contributed by atoms with E-state index in [0.717, 1.165) is 11.3 Å². The fourth-order valence-corrected chi connectivity index (χ4v) is 4.24. The first-order valence-electron chi connectivity index (χ1n) is 10.4. The SMILES string of the molecule is O=C(c1c(-c2ccccc2Cl)noc1-c1cnn(-c2cccc(Cl)c2)c1C(F)(F)F)N1CCCO1. The van der Waals surface area contributed by atoms with Gasteiger partial charge in [0.1, 0.15) is 11.3 Å². The zero-order valence-corrected chi connectivity index (χ0v) is 19.2. The van der Waals surface area contributed by atoms with Crippen LogP contribution in [0.5, 0.6) is 0 Å². The monoisotopic (exact) mass is 522 g/mol. The molecule has 12 heteroatoms. The quantitative estimate of drug-likeness (QED) is 0.314. The molecule has 3 heterocycles. The van der Waals surface area contributed by atoms with Crippen LogP contribution in [0.1, 0.15) is 22.5 Å². The van der Waals surface area contributed by atoms with Crippen molar-refractivity contribution in [2.75, 3.05) is 13.2 Å². The molecule has 1 saturated heterocycles. The number of alkyl halides is 3. The fourth-order valence-electron chi connectivity index (χ4n) is 3.83. The highest BCUT2D eigenvalue weighted by Crippen LogP contribution is 2.43. The molecule has 5 rings (SSSR count). The predicted molar refractivity (Wildman–Crippen MR) is 121 cm³/mol. The molecule has 35 heavy (non-hydrogen) atoms. The van der Waals surface area contributed by atoms with E-state index in [1.165, 1.54) is 24.3 Å². The molecule has 180 valence electrons. The van der Waals surface area contributed by atoms with Gasteiger partial charge in [-0.1, -0.05) is 52.6 Å². The number of carbonyl (C=O) groups is 1. The molecular formula is C23H15Cl2F3N4O3. The molecule has 2 aromatic carbocycles. The van der Waals surface area contributed by atoms with Gasteiger partial charge in [0, 0.05) is 10.6 Å². The fraction of sp³-hybridized carbons (Fsp3) is 0.174. The lowest BCUT2D eigenvalue weighted by atomic mass is 10.0. The molecule has 1 fully saturated rings. The number of hydroxylamine groups is 2. The maximum atomic E-state index is 14.3. The molecule has 0 unspecified atom stereocenters. The zero-order valence-electron chi connectivity index (χ0n) is 17.7. The molecule has 7 nitrogen and oxygen atoms in total. The Morgan fingerprint density at radius 3 is 2.54 bits per heavy atom. The molecule has 4 aromatic rings. The summed E-state index contributed by atoms with van der Waals surface area (Å²) >= 11 is 12.3. The third-order valence-corrected chi connectivity index (χ3v) is 5.91. The third kappa shape index (κ3) is 4.29. The molecule has 0 saturated carbocycles. The molecule has 0 radical (unpaired) electrons. The number of nitrogens with zero attached hydrogens (tertiary/aromatic N) is 4. The van der Waals surface area contributed by atoms with Crippen LogP contribution in [0.2, 0.25) is 10.0 Å². The molecular weight excluding hydrogens is 508 g/mol. The maximum Gasteiger partial charge on any atom is 0.434 e. The third-order valence-electron chi connectivity index (χ3n) is 5.35. The van der Waals surface area contributed by atoms with Crippen molar-refractivity contribution in [1.29, 1.82) is 0 Å². The average molecular weight is 523 g/mol. The van der Waals surface area contributed by atoms with Crippen molar-refractivity contribution >= 4 is 29.1 Å². The molecule has 1 aliphatic heterocycles. The lowest BCUT2D eigenvalue weighted by molar-refractivity contribution is -0.142. The number of halogens is 5. The molecule has 0 bridgehead atoms. The molecule has 0 aliphatic carbocycles. The topological polar surface area (TPSA) is 73.4 Å². The van der Waals surface area contributed by atoms with Crippen LogP contribution in [0.3, 0.4) is 0 Å². The van der Waals surface area contributed by atoms with Crippen LogP contribution in [0.25, 0.3) is 28.3 Å². The number of rotatable bonds is 4. The number of hydrogen-bond donors (Lipinski definition) is 0. The Morgan fingerprint density at radius 2 is 1.86 bits per heavy atom. The largest absolute Gasteiger partial charge is 0.434 e. The van der Waals surface area contributed by atoms with E-state index in [4.69, 9.17) is 32.6 Å². The van der Waals surface area contributed by atoms with E-state index >= 15 is 0 Å². The van der Waals surface area contributed by atoms with Gasteiger partial charge < -0.3 is 4.52 Å². The summed E-state index contributed by atoms with van der Waals surface area (Å²) in [6.07, 6.45) is -3.31. The molecule has 0 N–H and O–H groups in total. The van der Waals surface area contributed by atoms with Crippen LogP contribution in [-0.2, 0) is 11.0 Å². The predicted octanol–water partition coefficient (Wildman–Crippen LogP) is 6.30. The summed E-state index contributed by atoms with van der Waals surface area (Å²) in [7, 11) is 0. The van der Waals surface area contributed by atoms with E-state index in [1.807, 2.05) is 0 Å². The Balaban J connectivity index is 1.75. The van der Waals surface area contributed by atoms with Crippen LogP contribution in [-0.4, -0.2) is 39.1 Å². The lowest BCUT2D eigenvalue weighted by Gasteiger charge is -2.15. The summed E-state index contributed by atoms with van der Waals surface area (Å²) in [5.41, 5.74) is -1.44. The van der Waals surface area contributed by atoms with E-state index in [2.05, 4.69) is 10.3 Å². The molecule has 2 aromatic heterocycles. The van der Waals surface area contributed by atoms with Gasteiger partial charge in [-0.2, -0.15) is 18.3 Å². The minimum atomic E-state index is -4.87. The molecule has 0 spiro atoms. The summed E-state index contributed by atoms with van der Waals surface area (Å²) in [5.74, 6) is -1.10. The normalized spacial score (nSPS) is 14.0. The molecule has 1 aliphatic rings. The van der Waals surface area contributed by atoms with Crippen molar-refractivity contribution in [2.45, 2.75) is 12.6 Å². The summed E-state index contributed by atoms with van der Waals surface area (Å²) in [5, 5.41) is 9.43. The van der Waals surface area contributed by atoms with Gasteiger partial charge in [0.2, 0.25) is 0 Å². The van der Waals surface area contributed by atoms with Crippen molar-refractivity contribution in [1.82, 2.24) is 20.0 Å². The van der Waals surface area contributed by atoms with Crippen LogP contribution in [0, 0.1) is 0 Å². The van der Waals surface area contributed by atoms with Crippen LogP contribution < -0.4 is 0 Å². The first-order valence-corrected chi connectivity index (χ1v) is 11.1. The van der Waals surface area contributed by atoms with E-state index in [9.17, 15) is 18.0 Å². The summed E-state index contributed by atoms with van der Waals surface area (Å²) in [6, 6.07) is 12.3. The highest BCUT2D eigenvalue weighted by Gasteiger charge is 2.42. The Labute approximate surface area is 206 Å². The zero-order chi connectivity index (χ0) is 24.7.